The van der Waals surface area contributed by atoms with Crippen LogP contribution in [-0.2, 0) is 16.3 Å². The second-order valence-corrected chi connectivity index (χ2v) is 7.98. The minimum Gasteiger partial charge on any atom is -0.493 e. The maximum Gasteiger partial charge on any atom is 0.251 e. The van der Waals surface area contributed by atoms with Crippen molar-refractivity contribution in [3.63, 3.8) is 0 Å². The van der Waals surface area contributed by atoms with Gasteiger partial charge < -0.3 is 10.1 Å². The molecule has 1 fully saturated rings. The van der Waals surface area contributed by atoms with Crippen LogP contribution in [0.2, 0.25) is 0 Å². The molecule has 114 valence electrons. The molecule has 0 radical (unpaired) electrons. The summed E-state index contributed by atoms with van der Waals surface area (Å²) in [5.74, 6) is 1.06. The van der Waals surface area contributed by atoms with Crippen molar-refractivity contribution in [1.29, 1.82) is 0 Å². The number of ether oxygens (including phenoxy) is 1. The first-order valence-corrected chi connectivity index (χ1v) is 9.13. The lowest BCUT2D eigenvalue weighted by molar-refractivity contribution is 0.0934. The van der Waals surface area contributed by atoms with Crippen molar-refractivity contribution in [3.8, 4) is 5.75 Å². The highest BCUT2D eigenvalue weighted by Gasteiger charge is 2.25. The van der Waals surface area contributed by atoms with Crippen LogP contribution in [0.15, 0.2) is 18.2 Å². The Balaban J connectivity index is 1.66. The van der Waals surface area contributed by atoms with Gasteiger partial charge in [0.2, 0.25) is 0 Å². The lowest BCUT2D eigenvalue weighted by Crippen LogP contribution is -2.40. The van der Waals surface area contributed by atoms with Crippen LogP contribution in [0.4, 0.5) is 0 Å². The molecule has 1 amide bonds. The van der Waals surface area contributed by atoms with Gasteiger partial charge in [0.05, 0.1) is 18.1 Å². The van der Waals surface area contributed by atoms with Crippen molar-refractivity contribution in [2.45, 2.75) is 31.7 Å². The van der Waals surface area contributed by atoms with Gasteiger partial charge in [-0.1, -0.05) is 0 Å². The normalized spacial score (nSPS) is 21.1. The van der Waals surface area contributed by atoms with Gasteiger partial charge >= 0.3 is 0 Å². The number of hydrogen-bond donors (Lipinski definition) is 1. The minimum atomic E-state index is -2.90. The largest absolute Gasteiger partial charge is 0.493 e. The van der Waals surface area contributed by atoms with Crippen molar-refractivity contribution >= 4 is 15.7 Å². The Kier molecular flexibility index (Phi) is 3.89. The first-order chi connectivity index (χ1) is 10.0. The average Bonchev–Trinajstić information content (AvgIpc) is 2.49. The molecule has 3 rings (SSSR count). The Labute approximate surface area is 124 Å². The Bertz CT molecular complexity index is 640. The van der Waals surface area contributed by atoms with Crippen molar-refractivity contribution in [2.24, 2.45) is 0 Å². The zero-order valence-corrected chi connectivity index (χ0v) is 12.6. The molecule has 0 bridgehead atoms. The second kappa shape index (κ2) is 5.67. The molecule has 5 nitrogen and oxygen atoms in total. The van der Waals surface area contributed by atoms with Crippen molar-refractivity contribution in [1.82, 2.24) is 5.32 Å². The molecule has 1 N–H and O–H groups in total. The monoisotopic (exact) mass is 309 g/mol. The predicted octanol–water partition coefficient (Wildman–Crippen LogP) is 1.32. The average molecular weight is 309 g/mol. The fraction of sp³-hybridized carbons (Fsp3) is 0.533. The molecule has 0 aliphatic carbocycles. The first-order valence-electron chi connectivity index (χ1n) is 7.30. The summed E-state index contributed by atoms with van der Waals surface area (Å²) in [7, 11) is -2.90. The smallest absolute Gasteiger partial charge is 0.251 e. The fourth-order valence-electron chi connectivity index (χ4n) is 2.80. The molecule has 2 heterocycles. The second-order valence-electron chi connectivity index (χ2n) is 5.67. The van der Waals surface area contributed by atoms with E-state index >= 15 is 0 Å². The minimum absolute atomic E-state index is 0.0479. The van der Waals surface area contributed by atoms with Gasteiger partial charge in [0, 0.05) is 11.6 Å². The molecule has 0 aromatic heterocycles. The van der Waals surface area contributed by atoms with Crippen LogP contribution in [0.5, 0.6) is 5.75 Å². The quantitative estimate of drug-likeness (QED) is 0.894. The zero-order chi connectivity index (χ0) is 14.9. The zero-order valence-electron chi connectivity index (χ0n) is 11.8. The molecule has 6 heteroatoms. The molecule has 0 spiro atoms. The Morgan fingerprint density at radius 2 is 2.00 bits per heavy atom. The number of sulfone groups is 1. The van der Waals surface area contributed by atoms with E-state index in [9.17, 15) is 13.2 Å². The summed E-state index contributed by atoms with van der Waals surface area (Å²) in [5.41, 5.74) is 1.69. The standard InChI is InChI=1S/C15H19NO4S/c17-15(16-13-5-8-21(18,19)9-6-13)12-3-4-14-11(10-12)2-1-7-20-14/h3-4,10,13H,1-2,5-9H2,(H,16,17). The van der Waals surface area contributed by atoms with Crippen LogP contribution in [0.3, 0.4) is 0 Å². The SMILES string of the molecule is O=C(NC1CCS(=O)(=O)CC1)c1ccc2c(c1)CCCO2. The third-order valence-corrected chi connectivity index (χ3v) is 5.78. The molecule has 21 heavy (non-hydrogen) atoms. The highest BCUT2D eigenvalue weighted by atomic mass is 32.2. The van der Waals surface area contributed by atoms with E-state index < -0.39 is 9.84 Å². The lowest BCUT2D eigenvalue weighted by Gasteiger charge is -2.23. The van der Waals surface area contributed by atoms with E-state index in [1.165, 1.54) is 0 Å². The summed E-state index contributed by atoms with van der Waals surface area (Å²) >= 11 is 0. The lowest BCUT2D eigenvalue weighted by atomic mass is 10.0. The number of carbonyl (C=O) groups is 1. The van der Waals surface area contributed by atoms with E-state index in [0.29, 0.717) is 18.4 Å². The fourth-order valence-corrected chi connectivity index (χ4v) is 4.30. The van der Waals surface area contributed by atoms with Gasteiger partial charge in [-0.25, -0.2) is 8.42 Å². The van der Waals surface area contributed by atoms with E-state index in [0.717, 1.165) is 30.8 Å². The van der Waals surface area contributed by atoms with Crippen molar-refractivity contribution < 1.29 is 17.9 Å². The molecule has 1 aromatic carbocycles. The highest BCUT2D eigenvalue weighted by Crippen LogP contribution is 2.25. The van der Waals surface area contributed by atoms with Gasteiger partial charge in [-0.3, -0.25) is 4.79 Å². The van der Waals surface area contributed by atoms with Crippen LogP contribution in [0.25, 0.3) is 0 Å². The van der Waals surface area contributed by atoms with E-state index in [1.807, 2.05) is 12.1 Å². The van der Waals surface area contributed by atoms with Crippen LogP contribution in [-0.4, -0.2) is 38.5 Å². The number of benzene rings is 1. The molecule has 1 aromatic rings. The number of aryl methyl sites for hydroxylation is 1. The number of hydrogen-bond acceptors (Lipinski definition) is 4. The van der Waals surface area contributed by atoms with Gasteiger partial charge in [0.1, 0.15) is 15.6 Å². The highest BCUT2D eigenvalue weighted by molar-refractivity contribution is 7.91. The molecule has 0 unspecified atom stereocenters. The Morgan fingerprint density at radius 3 is 2.76 bits per heavy atom. The topological polar surface area (TPSA) is 72.5 Å². The molecular formula is C15H19NO4S. The number of amides is 1. The Hall–Kier alpha value is -1.56. The van der Waals surface area contributed by atoms with Gasteiger partial charge in [-0.2, -0.15) is 0 Å². The van der Waals surface area contributed by atoms with E-state index in [-0.39, 0.29) is 23.5 Å². The van der Waals surface area contributed by atoms with Crippen molar-refractivity contribution in [3.05, 3.63) is 29.3 Å². The number of rotatable bonds is 2. The maximum atomic E-state index is 12.3. The van der Waals surface area contributed by atoms with Gasteiger partial charge in [-0.15, -0.1) is 0 Å². The summed E-state index contributed by atoms with van der Waals surface area (Å²) < 4.78 is 28.3. The van der Waals surface area contributed by atoms with Crippen LogP contribution in [0.1, 0.15) is 35.2 Å². The summed E-state index contributed by atoms with van der Waals surface area (Å²) in [6.45, 7) is 0.731. The first kappa shape index (κ1) is 14.4. The van der Waals surface area contributed by atoms with Gasteiger partial charge in [0.25, 0.3) is 5.91 Å². The summed E-state index contributed by atoms with van der Waals surface area (Å²) in [5, 5.41) is 2.94. The Morgan fingerprint density at radius 1 is 1.24 bits per heavy atom. The van der Waals surface area contributed by atoms with Crippen LogP contribution in [0, 0.1) is 0 Å². The maximum absolute atomic E-state index is 12.3. The van der Waals surface area contributed by atoms with E-state index in [4.69, 9.17) is 4.74 Å². The molecule has 2 aliphatic heterocycles. The third kappa shape index (κ3) is 3.37. The van der Waals surface area contributed by atoms with E-state index in [1.54, 1.807) is 6.07 Å². The van der Waals surface area contributed by atoms with Crippen LogP contribution < -0.4 is 10.1 Å². The van der Waals surface area contributed by atoms with Gasteiger partial charge in [0.15, 0.2) is 0 Å². The van der Waals surface area contributed by atoms with Crippen LogP contribution >= 0.6 is 0 Å². The molecule has 0 atom stereocenters. The number of fused-ring (bicyclic) bond motifs is 1. The van der Waals surface area contributed by atoms with Gasteiger partial charge in [-0.05, 0) is 49.4 Å². The summed E-state index contributed by atoms with van der Waals surface area (Å²) in [6, 6.07) is 5.44. The summed E-state index contributed by atoms with van der Waals surface area (Å²) in [4.78, 5) is 12.3. The number of carbonyl (C=O) groups excluding carboxylic acids is 1. The third-order valence-electron chi connectivity index (χ3n) is 4.06. The number of nitrogens with one attached hydrogen (secondary N) is 1. The molecule has 0 saturated carbocycles. The molecule has 1 saturated heterocycles. The van der Waals surface area contributed by atoms with E-state index in [2.05, 4.69) is 5.32 Å². The van der Waals surface area contributed by atoms with Crippen molar-refractivity contribution in [2.75, 3.05) is 18.1 Å². The predicted molar refractivity (Wildman–Crippen MR) is 79.4 cm³/mol. The summed E-state index contributed by atoms with van der Waals surface area (Å²) in [6.07, 6.45) is 2.90. The molecule has 2 aliphatic rings. The molecular weight excluding hydrogens is 290 g/mol.